The van der Waals surface area contributed by atoms with Crippen LogP contribution in [-0.4, -0.2) is 16.6 Å². The fraction of sp³-hybridized carbons (Fsp3) is 0.706. The quantitative estimate of drug-likeness (QED) is 0.808. The summed E-state index contributed by atoms with van der Waals surface area (Å²) in [6, 6.07) is 4.70. The van der Waals surface area contributed by atoms with E-state index in [1.54, 1.807) is 0 Å². The van der Waals surface area contributed by atoms with Crippen LogP contribution in [0.4, 0.5) is 0 Å². The predicted octanol–water partition coefficient (Wildman–Crippen LogP) is 4.27. The van der Waals surface area contributed by atoms with Gasteiger partial charge in [-0.1, -0.05) is 34.6 Å². The van der Waals surface area contributed by atoms with E-state index in [9.17, 15) is 0 Å². The first-order valence-corrected chi connectivity index (χ1v) is 7.66. The Hall–Kier alpha value is -1.09. The van der Waals surface area contributed by atoms with Crippen molar-refractivity contribution in [1.29, 1.82) is 0 Å². The van der Waals surface area contributed by atoms with Gasteiger partial charge in [-0.05, 0) is 37.8 Å². The largest absolute Gasteiger partial charge is 0.472 e. The lowest BCUT2D eigenvalue weighted by atomic mass is 10.1. The molecule has 114 valence electrons. The van der Waals surface area contributed by atoms with E-state index in [1.807, 2.05) is 0 Å². The number of nitrogens with one attached hydrogen (secondary N) is 1. The third kappa shape index (κ3) is 5.49. The Kier molecular flexibility index (Phi) is 6.00. The van der Waals surface area contributed by atoms with Gasteiger partial charge in [-0.15, -0.1) is 0 Å². The molecule has 20 heavy (non-hydrogen) atoms. The molecule has 0 radical (unpaired) electrons. The summed E-state index contributed by atoms with van der Waals surface area (Å²) in [4.78, 5) is 4.64. The van der Waals surface area contributed by atoms with Crippen LogP contribution in [0.5, 0.6) is 5.88 Å². The van der Waals surface area contributed by atoms with Crippen LogP contribution in [0.15, 0.2) is 12.1 Å². The van der Waals surface area contributed by atoms with Crippen molar-refractivity contribution in [3.05, 3.63) is 23.4 Å². The number of aromatic nitrogens is 1. The lowest BCUT2D eigenvalue weighted by Gasteiger charge is -2.25. The molecule has 1 heterocycles. The molecule has 1 N–H and O–H groups in total. The molecule has 1 rings (SSSR count). The van der Waals surface area contributed by atoms with Crippen molar-refractivity contribution in [2.75, 3.05) is 0 Å². The van der Waals surface area contributed by atoms with Crippen LogP contribution in [0.2, 0.25) is 0 Å². The van der Waals surface area contributed by atoms with Gasteiger partial charge in [0.2, 0.25) is 5.88 Å². The highest BCUT2D eigenvalue weighted by Gasteiger charge is 2.18. The Labute approximate surface area is 124 Å². The van der Waals surface area contributed by atoms with Crippen molar-refractivity contribution in [2.24, 2.45) is 0 Å². The second-order valence-corrected chi connectivity index (χ2v) is 6.64. The SMILES string of the molecule is CCC(C)(C)Oc1cc(CNC(C)C)cc(C(C)C)n1. The van der Waals surface area contributed by atoms with E-state index >= 15 is 0 Å². The molecule has 3 nitrogen and oxygen atoms in total. The molecule has 3 heteroatoms. The first kappa shape index (κ1) is 17.0. The normalized spacial score (nSPS) is 12.2. The molecule has 0 spiro atoms. The van der Waals surface area contributed by atoms with Crippen LogP contribution in [0.25, 0.3) is 0 Å². The summed E-state index contributed by atoms with van der Waals surface area (Å²) in [5, 5.41) is 3.45. The number of nitrogens with zero attached hydrogens (tertiary/aromatic N) is 1. The Morgan fingerprint density at radius 3 is 2.35 bits per heavy atom. The van der Waals surface area contributed by atoms with Crippen LogP contribution in [-0.2, 0) is 6.54 Å². The summed E-state index contributed by atoms with van der Waals surface area (Å²) in [7, 11) is 0. The van der Waals surface area contributed by atoms with E-state index in [0.29, 0.717) is 12.0 Å². The molecule has 0 aromatic carbocycles. The summed E-state index contributed by atoms with van der Waals surface area (Å²) in [5.41, 5.74) is 2.15. The first-order valence-electron chi connectivity index (χ1n) is 7.66. The van der Waals surface area contributed by atoms with E-state index < -0.39 is 0 Å². The van der Waals surface area contributed by atoms with Gasteiger partial charge in [0, 0.05) is 24.3 Å². The topological polar surface area (TPSA) is 34.1 Å². The second kappa shape index (κ2) is 7.07. The number of pyridine rings is 1. The van der Waals surface area contributed by atoms with Crippen LogP contribution >= 0.6 is 0 Å². The predicted molar refractivity (Wildman–Crippen MR) is 85.3 cm³/mol. The molecule has 0 aliphatic carbocycles. The number of hydrogen-bond donors (Lipinski definition) is 1. The molecule has 0 aliphatic heterocycles. The molecule has 0 bridgehead atoms. The second-order valence-electron chi connectivity index (χ2n) is 6.64. The number of rotatable bonds is 7. The molecule has 0 aliphatic rings. The number of hydrogen-bond acceptors (Lipinski definition) is 3. The summed E-state index contributed by atoms with van der Waals surface area (Å²) in [6.07, 6.45) is 0.958. The standard InChI is InChI=1S/C17H30N2O/c1-8-17(6,7)20-16-10-14(11-18-13(4)5)9-15(19-16)12(2)3/h9-10,12-13,18H,8,11H2,1-7H3. The zero-order valence-corrected chi connectivity index (χ0v) is 14.1. The Balaban J connectivity index is 2.98. The van der Waals surface area contributed by atoms with E-state index in [-0.39, 0.29) is 5.60 Å². The molecular weight excluding hydrogens is 248 g/mol. The van der Waals surface area contributed by atoms with Crippen molar-refractivity contribution < 1.29 is 4.74 Å². The molecule has 0 unspecified atom stereocenters. The lowest BCUT2D eigenvalue weighted by Crippen LogP contribution is -2.28. The third-order valence-electron chi connectivity index (χ3n) is 3.42. The molecule has 1 aromatic rings. The van der Waals surface area contributed by atoms with Crippen molar-refractivity contribution >= 4 is 0 Å². The van der Waals surface area contributed by atoms with Crippen molar-refractivity contribution in [2.45, 2.75) is 79.0 Å². The van der Waals surface area contributed by atoms with Gasteiger partial charge < -0.3 is 10.1 Å². The number of ether oxygens (including phenoxy) is 1. The van der Waals surface area contributed by atoms with Gasteiger partial charge in [0.05, 0.1) is 0 Å². The molecule has 0 amide bonds. The molecule has 0 saturated heterocycles. The highest BCUT2D eigenvalue weighted by molar-refractivity contribution is 5.27. The van der Waals surface area contributed by atoms with Crippen LogP contribution in [0, 0.1) is 0 Å². The summed E-state index contributed by atoms with van der Waals surface area (Å²) in [6.45, 7) is 15.8. The van der Waals surface area contributed by atoms with Crippen LogP contribution < -0.4 is 10.1 Å². The van der Waals surface area contributed by atoms with Crippen molar-refractivity contribution in [1.82, 2.24) is 10.3 Å². The minimum absolute atomic E-state index is 0.175. The summed E-state index contributed by atoms with van der Waals surface area (Å²) >= 11 is 0. The van der Waals surface area contributed by atoms with E-state index in [1.165, 1.54) is 5.56 Å². The summed E-state index contributed by atoms with van der Waals surface area (Å²) < 4.78 is 6.05. The minimum Gasteiger partial charge on any atom is -0.472 e. The zero-order valence-electron chi connectivity index (χ0n) is 14.1. The van der Waals surface area contributed by atoms with Gasteiger partial charge in [-0.25, -0.2) is 4.98 Å². The molecular formula is C17H30N2O. The smallest absolute Gasteiger partial charge is 0.214 e. The van der Waals surface area contributed by atoms with Gasteiger partial charge in [0.1, 0.15) is 5.60 Å². The first-order chi connectivity index (χ1) is 9.23. The average molecular weight is 278 g/mol. The fourth-order valence-electron chi connectivity index (χ4n) is 1.71. The Morgan fingerprint density at radius 2 is 1.85 bits per heavy atom. The van der Waals surface area contributed by atoms with Gasteiger partial charge in [0.15, 0.2) is 0 Å². The van der Waals surface area contributed by atoms with Gasteiger partial charge in [-0.3, -0.25) is 0 Å². The van der Waals surface area contributed by atoms with E-state index in [2.05, 4.69) is 70.9 Å². The van der Waals surface area contributed by atoms with Gasteiger partial charge in [-0.2, -0.15) is 0 Å². The van der Waals surface area contributed by atoms with Crippen LogP contribution in [0.3, 0.4) is 0 Å². The van der Waals surface area contributed by atoms with E-state index in [0.717, 1.165) is 24.5 Å². The Morgan fingerprint density at radius 1 is 1.20 bits per heavy atom. The molecule has 0 fully saturated rings. The maximum Gasteiger partial charge on any atom is 0.214 e. The molecule has 1 aromatic heterocycles. The third-order valence-corrected chi connectivity index (χ3v) is 3.42. The van der Waals surface area contributed by atoms with Gasteiger partial charge >= 0.3 is 0 Å². The minimum atomic E-state index is -0.175. The van der Waals surface area contributed by atoms with Gasteiger partial charge in [0.25, 0.3) is 0 Å². The maximum absolute atomic E-state index is 6.05. The van der Waals surface area contributed by atoms with E-state index in [4.69, 9.17) is 4.74 Å². The zero-order chi connectivity index (χ0) is 15.3. The molecule has 0 atom stereocenters. The maximum atomic E-state index is 6.05. The molecule has 0 saturated carbocycles. The monoisotopic (exact) mass is 278 g/mol. The lowest BCUT2D eigenvalue weighted by molar-refractivity contribution is 0.0985. The highest BCUT2D eigenvalue weighted by atomic mass is 16.5. The summed E-state index contributed by atoms with van der Waals surface area (Å²) in [5.74, 6) is 1.14. The van der Waals surface area contributed by atoms with Crippen molar-refractivity contribution in [3.8, 4) is 5.88 Å². The Bertz CT molecular complexity index is 425. The highest BCUT2D eigenvalue weighted by Crippen LogP contribution is 2.23. The van der Waals surface area contributed by atoms with Crippen molar-refractivity contribution in [3.63, 3.8) is 0 Å². The average Bonchev–Trinajstić information content (AvgIpc) is 2.35. The van der Waals surface area contributed by atoms with Crippen LogP contribution in [0.1, 0.15) is 72.1 Å². The fourth-order valence-corrected chi connectivity index (χ4v) is 1.71.